The van der Waals surface area contributed by atoms with Crippen LogP contribution >= 0.6 is 23.1 Å². The summed E-state index contributed by atoms with van der Waals surface area (Å²) in [6, 6.07) is 8.28. The average molecular weight is 391 g/mol. The summed E-state index contributed by atoms with van der Waals surface area (Å²) in [5, 5.41) is 3.64. The normalized spacial score (nSPS) is 12.3. The number of nitrogens with zero attached hydrogens (tertiary/aromatic N) is 2. The second-order valence-electron chi connectivity index (χ2n) is 5.72. The van der Waals surface area contributed by atoms with E-state index in [4.69, 9.17) is 4.74 Å². The van der Waals surface area contributed by atoms with Crippen molar-refractivity contribution in [2.75, 3.05) is 19.5 Å². The van der Waals surface area contributed by atoms with Crippen LogP contribution in [0.1, 0.15) is 6.92 Å². The maximum absolute atomic E-state index is 13.1. The Bertz CT molecular complexity index is 899. The highest BCUT2D eigenvalue weighted by Crippen LogP contribution is 2.36. The minimum Gasteiger partial charge on any atom is -0.383 e. The first-order valence-electron chi connectivity index (χ1n) is 7.98. The van der Waals surface area contributed by atoms with Crippen LogP contribution in [0.2, 0.25) is 0 Å². The van der Waals surface area contributed by atoms with Gasteiger partial charge in [-0.05, 0) is 30.7 Å². The van der Waals surface area contributed by atoms with Crippen molar-refractivity contribution in [3.63, 3.8) is 0 Å². The van der Waals surface area contributed by atoms with Crippen LogP contribution < -0.4 is 5.32 Å². The summed E-state index contributed by atoms with van der Waals surface area (Å²) < 4.78 is 19.1. The number of aromatic nitrogens is 2. The summed E-state index contributed by atoms with van der Waals surface area (Å²) in [5.74, 6) is -0.0644. The van der Waals surface area contributed by atoms with Crippen molar-refractivity contribution in [3.05, 3.63) is 42.5 Å². The van der Waals surface area contributed by atoms with E-state index in [0.29, 0.717) is 6.61 Å². The molecule has 0 radical (unpaired) electrons. The fraction of sp³-hybridized carbons (Fsp3) is 0.278. The maximum Gasteiger partial charge on any atom is 0.230 e. The van der Waals surface area contributed by atoms with Crippen LogP contribution in [0.3, 0.4) is 0 Å². The number of rotatable bonds is 7. The highest BCUT2D eigenvalue weighted by Gasteiger charge is 2.13. The minimum atomic E-state index is -0.264. The summed E-state index contributed by atoms with van der Waals surface area (Å²) >= 11 is 2.91. The van der Waals surface area contributed by atoms with Gasteiger partial charge in [-0.15, -0.1) is 11.3 Å². The predicted molar refractivity (Wildman–Crippen MR) is 103 cm³/mol. The molecule has 1 unspecified atom stereocenters. The molecular weight excluding hydrogens is 373 g/mol. The van der Waals surface area contributed by atoms with Gasteiger partial charge in [0.1, 0.15) is 17.2 Å². The van der Waals surface area contributed by atoms with E-state index in [1.807, 2.05) is 13.0 Å². The van der Waals surface area contributed by atoms with Crippen LogP contribution in [0.4, 0.5) is 4.39 Å². The van der Waals surface area contributed by atoms with E-state index in [-0.39, 0.29) is 23.5 Å². The lowest BCUT2D eigenvalue weighted by Gasteiger charge is -2.12. The fourth-order valence-corrected chi connectivity index (χ4v) is 4.44. The molecular formula is C18H18FN3O2S2. The molecule has 1 aromatic carbocycles. The molecule has 0 saturated carbocycles. The van der Waals surface area contributed by atoms with Crippen molar-refractivity contribution in [2.45, 2.75) is 18.0 Å². The smallest absolute Gasteiger partial charge is 0.230 e. The van der Waals surface area contributed by atoms with Gasteiger partial charge in [0.2, 0.25) is 5.91 Å². The first kappa shape index (κ1) is 18.8. The number of hydrogen-bond donors (Lipinski definition) is 1. The summed E-state index contributed by atoms with van der Waals surface area (Å²) in [4.78, 5) is 21.6. The van der Waals surface area contributed by atoms with Crippen LogP contribution in [-0.2, 0) is 9.53 Å². The van der Waals surface area contributed by atoms with E-state index >= 15 is 0 Å². The molecule has 0 aliphatic carbocycles. The van der Waals surface area contributed by atoms with Gasteiger partial charge in [-0.2, -0.15) is 0 Å². The topological polar surface area (TPSA) is 64.1 Å². The van der Waals surface area contributed by atoms with E-state index in [9.17, 15) is 9.18 Å². The van der Waals surface area contributed by atoms with Crippen LogP contribution in [0.5, 0.6) is 0 Å². The number of carbonyl (C=O) groups is 1. The van der Waals surface area contributed by atoms with Crippen molar-refractivity contribution in [2.24, 2.45) is 0 Å². The molecule has 2 aromatic heterocycles. The summed E-state index contributed by atoms with van der Waals surface area (Å²) in [7, 11) is 1.60. The Kier molecular flexibility index (Phi) is 6.18. The molecule has 26 heavy (non-hydrogen) atoms. The standard InChI is InChI=1S/C18H18FN3O2S2/c1-11(8-24-2)22-16(23)9-25-18-17-14(20-10-21-18)7-15(26-17)12-3-5-13(19)6-4-12/h3-7,10-11H,8-9H2,1-2H3,(H,22,23). The lowest BCUT2D eigenvalue weighted by atomic mass is 10.2. The Morgan fingerprint density at radius 1 is 1.35 bits per heavy atom. The fourth-order valence-electron chi connectivity index (χ4n) is 2.43. The monoisotopic (exact) mass is 391 g/mol. The molecule has 3 aromatic rings. The maximum atomic E-state index is 13.1. The molecule has 0 bridgehead atoms. The van der Waals surface area contributed by atoms with Crippen LogP contribution in [0.15, 0.2) is 41.7 Å². The second-order valence-corrected chi connectivity index (χ2v) is 7.74. The lowest BCUT2D eigenvalue weighted by molar-refractivity contribution is -0.119. The number of hydrogen-bond acceptors (Lipinski definition) is 6. The van der Waals surface area contributed by atoms with Gasteiger partial charge in [-0.1, -0.05) is 23.9 Å². The molecule has 0 saturated heterocycles. The number of thioether (sulfide) groups is 1. The number of halogens is 1. The van der Waals surface area contributed by atoms with E-state index in [1.165, 1.54) is 41.6 Å². The molecule has 0 aliphatic heterocycles. The van der Waals surface area contributed by atoms with Crippen molar-refractivity contribution >= 4 is 39.2 Å². The Morgan fingerprint density at radius 2 is 2.12 bits per heavy atom. The number of carbonyl (C=O) groups excluding carboxylic acids is 1. The highest BCUT2D eigenvalue weighted by atomic mass is 32.2. The number of amides is 1. The molecule has 136 valence electrons. The SMILES string of the molecule is COCC(C)NC(=O)CSc1ncnc2cc(-c3ccc(F)cc3)sc12. The largest absolute Gasteiger partial charge is 0.383 e. The molecule has 8 heteroatoms. The quantitative estimate of drug-likeness (QED) is 0.491. The van der Waals surface area contributed by atoms with Crippen molar-refractivity contribution in [1.82, 2.24) is 15.3 Å². The number of methoxy groups -OCH3 is 1. The summed E-state index contributed by atoms with van der Waals surface area (Å²) in [5.41, 5.74) is 1.75. The average Bonchev–Trinajstić information content (AvgIpc) is 3.05. The minimum absolute atomic E-state index is 0.0367. The van der Waals surface area contributed by atoms with Crippen molar-refractivity contribution in [1.29, 1.82) is 0 Å². The Morgan fingerprint density at radius 3 is 2.85 bits per heavy atom. The molecule has 3 rings (SSSR count). The highest BCUT2D eigenvalue weighted by molar-refractivity contribution is 8.00. The van der Waals surface area contributed by atoms with Gasteiger partial charge < -0.3 is 10.1 Å². The third-order valence-corrected chi connectivity index (χ3v) is 5.87. The van der Waals surface area contributed by atoms with Crippen LogP contribution in [0.25, 0.3) is 20.7 Å². The lowest BCUT2D eigenvalue weighted by Crippen LogP contribution is -2.36. The number of thiophene rings is 1. The van der Waals surface area contributed by atoms with Gasteiger partial charge in [0, 0.05) is 18.0 Å². The van der Waals surface area contributed by atoms with Gasteiger partial charge in [0.25, 0.3) is 0 Å². The molecule has 2 heterocycles. The Hall–Kier alpha value is -2.03. The summed E-state index contributed by atoms with van der Waals surface area (Å²) in [6.07, 6.45) is 1.50. The molecule has 1 amide bonds. The van der Waals surface area contributed by atoms with Gasteiger partial charge in [0.05, 0.1) is 22.6 Å². The zero-order valence-corrected chi connectivity index (χ0v) is 16.0. The van der Waals surface area contributed by atoms with Crippen molar-refractivity contribution < 1.29 is 13.9 Å². The van der Waals surface area contributed by atoms with Crippen LogP contribution in [0, 0.1) is 5.82 Å². The molecule has 0 spiro atoms. The first-order valence-corrected chi connectivity index (χ1v) is 9.78. The third kappa shape index (κ3) is 4.57. The summed E-state index contributed by atoms with van der Waals surface area (Å²) in [6.45, 7) is 2.36. The number of ether oxygens (including phenoxy) is 1. The third-order valence-electron chi connectivity index (χ3n) is 3.57. The molecule has 0 aliphatic rings. The number of nitrogens with one attached hydrogen (secondary N) is 1. The molecule has 1 N–H and O–H groups in total. The first-order chi connectivity index (χ1) is 12.6. The van der Waals surface area contributed by atoms with Crippen LogP contribution in [-0.4, -0.2) is 41.4 Å². The zero-order valence-electron chi connectivity index (χ0n) is 14.4. The van der Waals surface area contributed by atoms with Gasteiger partial charge >= 0.3 is 0 Å². The second kappa shape index (κ2) is 8.57. The molecule has 5 nitrogen and oxygen atoms in total. The van der Waals surface area contributed by atoms with E-state index in [2.05, 4.69) is 15.3 Å². The predicted octanol–water partition coefficient (Wildman–Crippen LogP) is 3.74. The van der Waals surface area contributed by atoms with E-state index in [1.54, 1.807) is 19.2 Å². The van der Waals surface area contributed by atoms with Gasteiger partial charge in [-0.3, -0.25) is 4.79 Å². The van der Waals surface area contributed by atoms with Crippen molar-refractivity contribution in [3.8, 4) is 10.4 Å². The van der Waals surface area contributed by atoms with Gasteiger partial charge in [-0.25, -0.2) is 14.4 Å². The molecule has 0 fully saturated rings. The molecule has 1 atom stereocenters. The van der Waals surface area contributed by atoms with E-state index in [0.717, 1.165) is 25.7 Å². The Balaban J connectivity index is 1.75. The number of benzene rings is 1. The zero-order chi connectivity index (χ0) is 18.5. The Labute approximate surface area is 159 Å². The number of fused-ring (bicyclic) bond motifs is 1. The van der Waals surface area contributed by atoms with Gasteiger partial charge in [0.15, 0.2) is 0 Å². The van der Waals surface area contributed by atoms with E-state index < -0.39 is 0 Å².